The minimum absolute atomic E-state index is 0.0148. The van der Waals surface area contributed by atoms with Crippen LogP contribution in [-0.4, -0.2) is 6.29 Å². The number of carbonyl (C=O) groups excluding carboxylic acids is 1. The second-order valence-electron chi connectivity index (χ2n) is 6.94. The van der Waals surface area contributed by atoms with E-state index < -0.39 is 0 Å². The second kappa shape index (κ2) is 6.21. The molecule has 0 N–H and O–H groups in total. The Bertz CT molecular complexity index is 259. The molecule has 2 rings (SSSR count). The van der Waals surface area contributed by atoms with Crippen molar-refractivity contribution < 1.29 is 4.79 Å². The van der Waals surface area contributed by atoms with Gasteiger partial charge in [0.1, 0.15) is 6.29 Å². The molecule has 0 bridgehead atoms. The molecule has 2 saturated carbocycles. The van der Waals surface area contributed by atoms with Crippen LogP contribution in [-0.2, 0) is 4.79 Å². The zero-order valence-corrected chi connectivity index (χ0v) is 12.3. The Labute approximate surface area is 113 Å². The van der Waals surface area contributed by atoms with E-state index in [9.17, 15) is 4.79 Å². The Hall–Kier alpha value is -0.330. The molecule has 104 valence electrons. The number of carbonyl (C=O) groups is 1. The van der Waals surface area contributed by atoms with Crippen molar-refractivity contribution in [2.75, 3.05) is 0 Å². The molecule has 18 heavy (non-hydrogen) atoms. The molecule has 0 radical (unpaired) electrons. The van der Waals surface area contributed by atoms with Gasteiger partial charge in [-0.05, 0) is 43.4 Å². The Kier molecular flexibility index (Phi) is 4.86. The van der Waals surface area contributed by atoms with Gasteiger partial charge in [0.15, 0.2) is 0 Å². The lowest BCUT2D eigenvalue weighted by atomic mass is 9.59. The third-order valence-electron chi connectivity index (χ3n) is 6.04. The molecular formula is C17H30O. The quantitative estimate of drug-likeness (QED) is 0.642. The summed E-state index contributed by atoms with van der Waals surface area (Å²) in [6.45, 7) is 4.58. The van der Waals surface area contributed by atoms with Gasteiger partial charge in [0.25, 0.3) is 0 Å². The fourth-order valence-corrected chi connectivity index (χ4v) is 4.44. The molecule has 0 aromatic heterocycles. The van der Waals surface area contributed by atoms with Gasteiger partial charge in [-0.1, -0.05) is 52.4 Å². The van der Waals surface area contributed by atoms with Crippen molar-refractivity contribution in [2.45, 2.75) is 78.1 Å². The van der Waals surface area contributed by atoms with E-state index in [1.54, 1.807) is 0 Å². The highest BCUT2D eigenvalue weighted by atomic mass is 16.1. The number of hydrogen-bond acceptors (Lipinski definition) is 1. The van der Waals surface area contributed by atoms with Gasteiger partial charge in [-0.2, -0.15) is 0 Å². The molecule has 0 aliphatic heterocycles. The van der Waals surface area contributed by atoms with E-state index in [2.05, 4.69) is 13.8 Å². The fourth-order valence-electron chi connectivity index (χ4n) is 4.44. The fraction of sp³-hybridized carbons (Fsp3) is 0.941. The van der Waals surface area contributed by atoms with Crippen LogP contribution >= 0.6 is 0 Å². The minimum atomic E-state index is -0.0148. The average Bonchev–Trinajstić information content (AvgIpc) is 2.47. The first kappa shape index (κ1) is 14.1. The zero-order valence-electron chi connectivity index (χ0n) is 12.3. The zero-order chi connectivity index (χ0) is 13.0. The standard InChI is InChI=1S/C17H30O/c1-3-14-9-11-16(12-10-14)17(2,13-18)15-7-5-4-6-8-15/h13-16H,3-12H2,1-2H3. The van der Waals surface area contributed by atoms with Gasteiger partial charge < -0.3 is 4.79 Å². The monoisotopic (exact) mass is 250 g/mol. The maximum Gasteiger partial charge on any atom is 0.126 e. The van der Waals surface area contributed by atoms with E-state index >= 15 is 0 Å². The molecule has 0 aromatic rings. The van der Waals surface area contributed by atoms with Crippen LogP contribution in [0.1, 0.15) is 78.1 Å². The van der Waals surface area contributed by atoms with Crippen molar-refractivity contribution >= 4 is 6.29 Å². The van der Waals surface area contributed by atoms with Crippen LogP contribution < -0.4 is 0 Å². The Morgan fingerprint density at radius 3 is 2.00 bits per heavy atom. The summed E-state index contributed by atoms with van der Waals surface area (Å²) < 4.78 is 0. The predicted molar refractivity (Wildman–Crippen MR) is 76.5 cm³/mol. The SMILES string of the molecule is CCC1CCC(C(C)(C=O)C2CCCCC2)CC1. The molecule has 2 aliphatic carbocycles. The smallest absolute Gasteiger partial charge is 0.126 e. The summed E-state index contributed by atoms with van der Waals surface area (Å²) in [5.74, 6) is 2.27. The Morgan fingerprint density at radius 1 is 0.944 bits per heavy atom. The summed E-state index contributed by atoms with van der Waals surface area (Å²) in [5.41, 5.74) is -0.0148. The highest BCUT2D eigenvalue weighted by Crippen LogP contribution is 2.48. The van der Waals surface area contributed by atoms with Crippen LogP contribution in [0.5, 0.6) is 0 Å². The van der Waals surface area contributed by atoms with Crippen LogP contribution in [0.3, 0.4) is 0 Å². The lowest BCUT2D eigenvalue weighted by Gasteiger charge is -2.44. The summed E-state index contributed by atoms with van der Waals surface area (Å²) in [5, 5.41) is 0. The molecule has 1 nitrogen and oxygen atoms in total. The van der Waals surface area contributed by atoms with Crippen LogP contribution in [0.15, 0.2) is 0 Å². The molecule has 2 fully saturated rings. The molecule has 0 spiro atoms. The summed E-state index contributed by atoms with van der Waals surface area (Å²) in [6.07, 6.45) is 14.6. The first-order valence-corrected chi connectivity index (χ1v) is 8.17. The van der Waals surface area contributed by atoms with Crippen LogP contribution in [0, 0.1) is 23.2 Å². The average molecular weight is 250 g/mol. The van der Waals surface area contributed by atoms with E-state index in [1.165, 1.54) is 70.5 Å². The Balaban J connectivity index is 2.00. The van der Waals surface area contributed by atoms with Gasteiger partial charge in [-0.25, -0.2) is 0 Å². The van der Waals surface area contributed by atoms with Crippen molar-refractivity contribution in [1.29, 1.82) is 0 Å². The van der Waals surface area contributed by atoms with Gasteiger partial charge in [0, 0.05) is 5.41 Å². The maximum absolute atomic E-state index is 11.8. The van der Waals surface area contributed by atoms with Gasteiger partial charge in [0.05, 0.1) is 0 Å². The summed E-state index contributed by atoms with van der Waals surface area (Å²) in [6, 6.07) is 0. The molecular weight excluding hydrogens is 220 g/mol. The van der Waals surface area contributed by atoms with E-state index in [1.807, 2.05) is 0 Å². The summed E-state index contributed by atoms with van der Waals surface area (Å²) in [7, 11) is 0. The van der Waals surface area contributed by atoms with Crippen molar-refractivity contribution in [3.63, 3.8) is 0 Å². The third kappa shape index (κ3) is 2.81. The van der Waals surface area contributed by atoms with Gasteiger partial charge in [-0.15, -0.1) is 0 Å². The molecule has 0 aromatic carbocycles. The second-order valence-corrected chi connectivity index (χ2v) is 6.94. The predicted octanol–water partition coefficient (Wildman–Crippen LogP) is 4.99. The maximum atomic E-state index is 11.8. The van der Waals surface area contributed by atoms with Crippen LogP contribution in [0.25, 0.3) is 0 Å². The van der Waals surface area contributed by atoms with Crippen LogP contribution in [0.2, 0.25) is 0 Å². The number of hydrogen-bond donors (Lipinski definition) is 0. The van der Waals surface area contributed by atoms with E-state index in [0.717, 1.165) is 5.92 Å². The Morgan fingerprint density at radius 2 is 1.50 bits per heavy atom. The van der Waals surface area contributed by atoms with Gasteiger partial charge in [-0.3, -0.25) is 0 Å². The molecule has 2 aliphatic rings. The first-order chi connectivity index (χ1) is 8.70. The van der Waals surface area contributed by atoms with Crippen LogP contribution in [0.4, 0.5) is 0 Å². The van der Waals surface area contributed by atoms with Crippen molar-refractivity contribution in [2.24, 2.45) is 23.2 Å². The lowest BCUT2D eigenvalue weighted by Crippen LogP contribution is -2.40. The summed E-state index contributed by atoms with van der Waals surface area (Å²) in [4.78, 5) is 11.8. The van der Waals surface area contributed by atoms with Crippen molar-refractivity contribution in [3.8, 4) is 0 Å². The first-order valence-electron chi connectivity index (χ1n) is 8.17. The molecule has 1 heteroatoms. The van der Waals surface area contributed by atoms with Gasteiger partial charge >= 0.3 is 0 Å². The number of aldehydes is 1. The minimum Gasteiger partial charge on any atom is -0.303 e. The lowest BCUT2D eigenvalue weighted by molar-refractivity contribution is -0.124. The molecule has 0 heterocycles. The molecule has 1 atom stereocenters. The third-order valence-corrected chi connectivity index (χ3v) is 6.04. The highest BCUT2D eigenvalue weighted by molar-refractivity contribution is 5.60. The van der Waals surface area contributed by atoms with E-state index in [4.69, 9.17) is 0 Å². The molecule has 1 unspecified atom stereocenters. The normalized spacial score (nSPS) is 33.9. The molecule has 0 amide bonds. The summed E-state index contributed by atoms with van der Waals surface area (Å²) >= 11 is 0. The topological polar surface area (TPSA) is 17.1 Å². The number of rotatable bonds is 4. The van der Waals surface area contributed by atoms with E-state index in [-0.39, 0.29) is 5.41 Å². The van der Waals surface area contributed by atoms with E-state index in [0.29, 0.717) is 11.8 Å². The van der Waals surface area contributed by atoms with Crippen molar-refractivity contribution in [1.82, 2.24) is 0 Å². The van der Waals surface area contributed by atoms with Gasteiger partial charge in [0.2, 0.25) is 0 Å². The molecule has 0 saturated heterocycles. The largest absolute Gasteiger partial charge is 0.303 e. The van der Waals surface area contributed by atoms with Crippen molar-refractivity contribution in [3.05, 3.63) is 0 Å². The highest BCUT2D eigenvalue weighted by Gasteiger charge is 2.42.